The molecule has 49 heavy (non-hydrogen) atoms. The van der Waals surface area contributed by atoms with Gasteiger partial charge in [0.05, 0.1) is 0 Å². The third kappa shape index (κ3) is 2.99. The monoisotopic (exact) mass is 724 g/mol. The Hall–Kier alpha value is -5.12. The van der Waals surface area contributed by atoms with Crippen LogP contribution >= 0.6 is 22.6 Å². The lowest BCUT2D eigenvalue weighted by Crippen LogP contribution is -2.52. The molecule has 4 aliphatic rings. The third-order valence-corrected chi connectivity index (χ3v) is 12.9. The van der Waals surface area contributed by atoms with Gasteiger partial charge in [0.25, 0.3) is 0 Å². The average Bonchev–Trinajstić information content (AvgIpc) is 3.66. The second-order valence-corrected chi connectivity index (χ2v) is 15.7. The fourth-order valence-electron chi connectivity index (χ4n) is 10.5. The summed E-state index contributed by atoms with van der Waals surface area (Å²) >= 11 is 2.53. The maximum absolute atomic E-state index is 2.57. The molecule has 3 heteroatoms. The normalized spacial score (nSPS) is 13.7. The molecule has 0 spiro atoms. The highest BCUT2D eigenvalue weighted by Gasteiger charge is 2.43. The van der Waals surface area contributed by atoms with E-state index in [-0.39, 0.29) is 13.4 Å². The molecule has 0 nitrogen and oxygen atoms in total. The first-order valence-corrected chi connectivity index (χ1v) is 18.4. The summed E-state index contributed by atoms with van der Waals surface area (Å²) in [4.78, 5) is 0. The fourth-order valence-corrected chi connectivity index (χ4v) is 11.1. The molecule has 9 aromatic carbocycles. The molecule has 0 saturated heterocycles. The van der Waals surface area contributed by atoms with Crippen LogP contribution in [0.5, 0.6) is 0 Å². The van der Waals surface area contributed by atoms with Crippen molar-refractivity contribution in [2.45, 2.75) is 0 Å². The first-order chi connectivity index (χ1) is 24.2. The molecule has 0 saturated carbocycles. The van der Waals surface area contributed by atoms with E-state index in [0.717, 1.165) is 0 Å². The van der Waals surface area contributed by atoms with E-state index in [1.807, 2.05) is 0 Å². The lowest BCUT2D eigenvalue weighted by Gasteiger charge is -2.31. The number of hydrogen-bond acceptors (Lipinski definition) is 0. The maximum atomic E-state index is 2.57. The summed E-state index contributed by atoms with van der Waals surface area (Å²) in [6.07, 6.45) is 0. The number of fused-ring (bicyclic) bond motifs is 10. The van der Waals surface area contributed by atoms with Crippen molar-refractivity contribution in [2.24, 2.45) is 0 Å². The molecule has 0 amide bonds. The van der Waals surface area contributed by atoms with Crippen LogP contribution in [0.3, 0.4) is 0 Å². The predicted molar refractivity (Wildman–Crippen MR) is 219 cm³/mol. The van der Waals surface area contributed by atoms with Gasteiger partial charge in [-0.1, -0.05) is 148 Å². The average molecular weight is 724 g/mol. The van der Waals surface area contributed by atoms with Gasteiger partial charge in [0.2, 0.25) is 13.4 Å². The lowest BCUT2D eigenvalue weighted by molar-refractivity contribution is 1.62. The molecule has 0 atom stereocenters. The Kier molecular flexibility index (Phi) is 4.60. The van der Waals surface area contributed by atoms with Gasteiger partial charge in [-0.3, -0.25) is 0 Å². The van der Waals surface area contributed by atoms with E-state index in [9.17, 15) is 0 Å². The Bertz CT molecular complexity index is 3010. The summed E-state index contributed by atoms with van der Waals surface area (Å²) in [5, 5.41) is 8.50. The van der Waals surface area contributed by atoms with Gasteiger partial charge in [0.1, 0.15) is 0 Å². The van der Waals surface area contributed by atoms with Gasteiger partial charge in [-0.05, 0) is 135 Å². The van der Waals surface area contributed by atoms with E-state index < -0.39 is 0 Å². The van der Waals surface area contributed by atoms with Crippen LogP contribution in [0, 0.1) is 3.57 Å². The van der Waals surface area contributed by atoms with Crippen molar-refractivity contribution < 1.29 is 0 Å². The molecule has 220 valence electrons. The van der Waals surface area contributed by atoms with Crippen LogP contribution in [-0.2, 0) is 0 Å². The highest BCUT2D eigenvalue weighted by Crippen LogP contribution is 2.47. The van der Waals surface area contributed by atoms with E-state index >= 15 is 0 Å². The molecule has 0 N–H and O–H groups in total. The molecule has 13 rings (SSSR count). The van der Waals surface area contributed by atoms with Crippen molar-refractivity contribution in [1.29, 1.82) is 0 Å². The molecule has 4 heterocycles. The fraction of sp³-hybridized carbons (Fsp3) is 0. The van der Waals surface area contributed by atoms with Gasteiger partial charge in [-0.15, -0.1) is 0 Å². The minimum absolute atomic E-state index is 0.228. The number of halogens is 1. The van der Waals surface area contributed by atoms with E-state index in [4.69, 9.17) is 0 Å². The van der Waals surface area contributed by atoms with Crippen molar-refractivity contribution in [3.05, 3.63) is 143 Å². The van der Waals surface area contributed by atoms with Crippen molar-refractivity contribution in [2.75, 3.05) is 0 Å². The van der Waals surface area contributed by atoms with Crippen LogP contribution < -0.4 is 32.8 Å². The lowest BCUT2D eigenvalue weighted by atomic mass is 9.34. The molecule has 9 aromatic rings. The SMILES string of the molecule is Ic1cc2c3c(c1)-c1ccc4cc5c6c(ccc7cc(c1c4c76)B3c1ccccc1-2)-c1cc(-c2ccccc2)cc2c1B5c1ccccc1-2. The Morgan fingerprint density at radius 2 is 0.796 bits per heavy atom. The van der Waals surface area contributed by atoms with Crippen molar-refractivity contribution in [3.63, 3.8) is 0 Å². The highest BCUT2D eigenvalue weighted by atomic mass is 127. The Morgan fingerprint density at radius 1 is 0.327 bits per heavy atom. The van der Waals surface area contributed by atoms with Crippen molar-refractivity contribution in [3.8, 4) is 55.6 Å². The third-order valence-electron chi connectivity index (χ3n) is 12.3. The second kappa shape index (κ2) is 8.72. The van der Waals surface area contributed by atoms with Gasteiger partial charge < -0.3 is 0 Å². The van der Waals surface area contributed by atoms with Gasteiger partial charge in [-0.2, -0.15) is 0 Å². The van der Waals surface area contributed by atoms with Gasteiger partial charge in [0, 0.05) is 3.57 Å². The van der Waals surface area contributed by atoms with E-state index in [0.29, 0.717) is 0 Å². The molecule has 0 bridgehead atoms. The summed E-state index contributed by atoms with van der Waals surface area (Å²) in [7, 11) is 0. The molecule has 0 unspecified atom stereocenters. The van der Waals surface area contributed by atoms with E-state index in [1.54, 1.807) is 0 Å². The van der Waals surface area contributed by atoms with Crippen LogP contribution in [0.2, 0.25) is 0 Å². The van der Waals surface area contributed by atoms with Crippen LogP contribution in [0.25, 0.3) is 88.0 Å². The summed E-state index contributed by atoms with van der Waals surface area (Å²) in [5.41, 5.74) is 22.5. The van der Waals surface area contributed by atoms with Crippen molar-refractivity contribution in [1.82, 2.24) is 0 Å². The minimum Gasteiger partial charge on any atom is -0.0664 e. The van der Waals surface area contributed by atoms with Crippen molar-refractivity contribution >= 4 is 101 Å². The first-order valence-electron chi connectivity index (χ1n) is 17.3. The molecular weight excluding hydrogens is 701 g/mol. The molecule has 0 fully saturated rings. The largest absolute Gasteiger partial charge is 0.244 e. The van der Waals surface area contributed by atoms with Crippen LogP contribution in [0.4, 0.5) is 0 Å². The van der Waals surface area contributed by atoms with Gasteiger partial charge in [-0.25, -0.2) is 0 Å². The summed E-state index contributed by atoms with van der Waals surface area (Å²) in [5.74, 6) is 0. The zero-order valence-electron chi connectivity index (χ0n) is 26.3. The topological polar surface area (TPSA) is 0 Å². The molecule has 0 radical (unpaired) electrons. The van der Waals surface area contributed by atoms with Crippen LogP contribution in [-0.4, -0.2) is 13.4 Å². The standard InChI is InChI=1S/C46H23B2I/c49-28-22-35-30-11-5-7-13-38(30)48-40-21-25-14-16-31-34-19-27(24-8-2-1-3-9-24)18-33-29-10-4-6-12-37(29)47(45(33)34)39-20-26-15-17-32(36(23-28)46(35)48)44(40)42(26)41(25)43(31)39/h1-23H. The van der Waals surface area contributed by atoms with Crippen LogP contribution in [0.1, 0.15) is 0 Å². The molecule has 0 aromatic heterocycles. The molecular formula is C46H23B2I. The van der Waals surface area contributed by atoms with Gasteiger partial charge in [0.15, 0.2) is 0 Å². The highest BCUT2D eigenvalue weighted by molar-refractivity contribution is 14.1. The number of hydrogen-bond donors (Lipinski definition) is 0. The number of benzene rings is 9. The quantitative estimate of drug-likeness (QED) is 0.0922. The molecule has 0 aliphatic carbocycles. The Balaban J connectivity index is 1.20. The smallest absolute Gasteiger partial charge is 0.0664 e. The van der Waals surface area contributed by atoms with Gasteiger partial charge >= 0.3 is 0 Å². The zero-order chi connectivity index (χ0) is 31.7. The summed E-state index contributed by atoms with van der Waals surface area (Å²) in [6.45, 7) is 0.483. The number of rotatable bonds is 1. The van der Waals surface area contributed by atoms with E-state index in [2.05, 4.69) is 162 Å². The second-order valence-electron chi connectivity index (χ2n) is 14.4. The zero-order valence-corrected chi connectivity index (χ0v) is 28.5. The minimum atomic E-state index is 0.228. The predicted octanol–water partition coefficient (Wildman–Crippen LogP) is 7.81. The van der Waals surface area contributed by atoms with E-state index in [1.165, 1.54) is 124 Å². The summed E-state index contributed by atoms with van der Waals surface area (Å²) < 4.78 is 1.30. The summed E-state index contributed by atoms with van der Waals surface area (Å²) in [6, 6.07) is 53.8. The van der Waals surface area contributed by atoms with Crippen LogP contribution in [0.15, 0.2) is 140 Å². The maximum Gasteiger partial charge on any atom is 0.244 e. The Labute approximate surface area is 298 Å². The molecule has 4 aliphatic heterocycles. The Morgan fingerprint density at radius 3 is 1.37 bits per heavy atom. The first kappa shape index (κ1) is 25.8.